The van der Waals surface area contributed by atoms with Crippen molar-refractivity contribution in [1.29, 1.82) is 0 Å². The lowest BCUT2D eigenvalue weighted by atomic mass is 10.1. The van der Waals surface area contributed by atoms with E-state index in [1.54, 1.807) is 10.7 Å². The van der Waals surface area contributed by atoms with Gasteiger partial charge in [0, 0.05) is 30.1 Å². The number of aromatic nitrogens is 3. The second-order valence-corrected chi connectivity index (χ2v) is 9.56. The van der Waals surface area contributed by atoms with E-state index >= 15 is 0 Å². The Bertz CT molecular complexity index is 1200. The Morgan fingerprint density at radius 1 is 1.30 bits per heavy atom. The molecule has 0 aliphatic carbocycles. The lowest BCUT2D eigenvalue weighted by molar-refractivity contribution is 0.00379. The van der Waals surface area contributed by atoms with Gasteiger partial charge < -0.3 is 10.1 Å². The number of sulfone groups is 1. The lowest BCUT2D eigenvalue weighted by Gasteiger charge is -2.23. The Morgan fingerprint density at radius 2 is 2.13 bits per heavy atom. The molecule has 1 unspecified atom stereocenters. The number of fused-ring (bicyclic) bond motifs is 1. The number of carbonyl (C=O) groups excluding carboxylic acids is 1. The summed E-state index contributed by atoms with van der Waals surface area (Å²) < 4.78 is 31.1. The molecule has 1 fully saturated rings. The fraction of sp³-hybridized carbons (Fsp3) is 0.381. The fourth-order valence-corrected chi connectivity index (χ4v) is 4.28. The minimum absolute atomic E-state index is 0.0117. The zero-order valence-electron chi connectivity index (χ0n) is 17.0. The van der Waals surface area contributed by atoms with Crippen molar-refractivity contribution in [1.82, 2.24) is 14.8 Å². The van der Waals surface area contributed by atoms with E-state index < -0.39 is 9.84 Å². The van der Waals surface area contributed by atoms with Gasteiger partial charge in [-0.3, -0.25) is 9.48 Å². The minimum atomic E-state index is -3.48. The number of nitrogens with zero attached hydrogens (tertiary/aromatic N) is 3. The Hall–Kier alpha value is -2.78. The van der Waals surface area contributed by atoms with Crippen LogP contribution in [0.1, 0.15) is 35.3 Å². The first-order chi connectivity index (χ1) is 14.3. The van der Waals surface area contributed by atoms with E-state index in [0.29, 0.717) is 17.9 Å². The van der Waals surface area contributed by atoms with Gasteiger partial charge in [-0.25, -0.2) is 13.4 Å². The van der Waals surface area contributed by atoms with Gasteiger partial charge in [0.05, 0.1) is 18.2 Å². The highest BCUT2D eigenvalue weighted by Crippen LogP contribution is 2.25. The quantitative estimate of drug-likeness (QED) is 0.670. The molecular weight excluding hydrogens is 404 g/mol. The third-order valence-electron chi connectivity index (χ3n) is 5.21. The standard InChI is InChI=1S/C21H24N4O4S/c1-14-6-5-8-17-19(14)24-25(13-16-7-3-4-11-29-16)20(17)21(26)23-15-9-10-22-18(12-15)30(2,27)28/h5-6,8-10,12,16H,3-4,7,11,13H2,1-2H3,(H,22,23,26). The molecule has 0 bridgehead atoms. The first-order valence-electron chi connectivity index (χ1n) is 9.88. The van der Waals surface area contributed by atoms with Gasteiger partial charge in [0.15, 0.2) is 14.9 Å². The number of ether oxygens (including phenoxy) is 1. The number of anilines is 1. The van der Waals surface area contributed by atoms with Crippen LogP contribution in [0, 0.1) is 6.92 Å². The van der Waals surface area contributed by atoms with Crippen molar-refractivity contribution < 1.29 is 17.9 Å². The smallest absolute Gasteiger partial charge is 0.274 e. The van der Waals surface area contributed by atoms with E-state index in [-0.39, 0.29) is 17.0 Å². The van der Waals surface area contributed by atoms with Gasteiger partial charge in [0.2, 0.25) is 0 Å². The Balaban J connectivity index is 1.70. The van der Waals surface area contributed by atoms with Crippen LogP contribution < -0.4 is 5.32 Å². The molecule has 3 aromatic rings. The molecule has 1 atom stereocenters. The topological polar surface area (TPSA) is 103 Å². The van der Waals surface area contributed by atoms with Gasteiger partial charge in [0.1, 0.15) is 5.69 Å². The number of hydrogen-bond acceptors (Lipinski definition) is 6. The van der Waals surface area contributed by atoms with Gasteiger partial charge in [-0.05, 0) is 43.9 Å². The molecule has 158 valence electrons. The van der Waals surface area contributed by atoms with Crippen molar-refractivity contribution in [2.75, 3.05) is 18.2 Å². The summed E-state index contributed by atoms with van der Waals surface area (Å²) in [7, 11) is -3.48. The average molecular weight is 429 g/mol. The van der Waals surface area contributed by atoms with Crippen LogP contribution in [0.25, 0.3) is 10.9 Å². The molecule has 2 aromatic heterocycles. The molecule has 1 aromatic carbocycles. The average Bonchev–Trinajstić information content (AvgIpc) is 3.08. The summed E-state index contributed by atoms with van der Waals surface area (Å²) >= 11 is 0. The zero-order chi connectivity index (χ0) is 21.3. The molecule has 0 spiro atoms. The monoisotopic (exact) mass is 428 g/mol. The van der Waals surface area contributed by atoms with Crippen molar-refractivity contribution in [3.63, 3.8) is 0 Å². The molecule has 3 heterocycles. The summed E-state index contributed by atoms with van der Waals surface area (Å²) in [6.45, 7) is 3.17. The van der Waals surface area contributed by atoms with E-state index in [2.05, 4.69) is 10.3 Å². The minimum Gasteiger partial charge on any atom is -0.376 e. The molecular formula is C21H24N4O4S. The van der Waals surface area contributed by atoms with E-state index in [0.717, 1.165) is 48.6 Å². The molecule has 0 saturated carbocycles. The van der Waals surface area contributed by atoms with E-state index in [4.69, 9.17) is 9.84 Å². The van der Waals surface area contributed by atoms with Crippen molar-refractivity contribution in [2.24, 2.45) is 0 Å². The molecule has 1 amide bonds. The SMILES string of the molecule is Cc1cccc2c(C(=O)Nc3ccnc(S(C)(=O)=O)c3)n(CC3CCCCO3)nc12. The van der Waals surface area contributed by atoms with Crippen LogP contribution >= 0.6 is 0 Å². The van der Waals surface area contributed by atoms with Crippen LogP contribution in [-0.2, 0) is 21.1 Å². The summed E-state index contributed by atoms with van der Waals surface area (Å²) in [5.41, 5.74) is 2.54. The largest absolute Gasteiger partial charge is 0.376 e. The molecule has 9 heteroatoms. The number of benzene rings is 1. The van der Waals surface area contributed by atoms with Crippen molar-refractivity contribution in [3.05, 3.63) is 47.8 Å². The third kappa shape index (κ3) is 4.22. The number of hydrogen-bond donors (Lipinski definition) is 1. The van der Waals surface area contributed by atoms with Gasteiger partial charge >= 0.3 is 0 Å². The summed E-state index contributed by atoms with van der Waals surface area (Å²) in [5, 5.41) is 8.15. The first-order valence-corrected chi connectivity index (χ1v) is 11.8. The van der Waals surface area contributed by atoms with E-state index in [1.807, 2.05) is 25.1 Å². The van der Waals surface area contributed by atoms with Crippen LogP contribution in [0.2, 0.25) is 0 Å². The lowest BCUT2D eigenvalue weighted by Crippen LogP contribution is -2.28. The highest BCUT2D eigenvalue weighted by Gasteiger charge is 2.23. The van der Waals surface area contributed by atoms with Crippen molar-refractivity contribution >= 4 is 32.3 Å². The highest BCUT2D eigenvalue weighted by molar-refractivity contribution is 7.90. The van der Waals surface area contributed by atoms with E-state index in [9.17, 15) is 13.2 Å². The number of rotatable bonds is 5. The maximum atomic E-state index is 13.2. The number of carbonyl (C=O) groups is 1. The second-order valence-electron chi connectivity index (χ2n) is 7.60. The number of pyridine rings is 1. The van der Waals surface area contributed by atoms with Crippen molar-refractivity contribution in [3.8, 4) is 0 Å². The van der Waals surface area contributed by atoms with Gasteiger partial charge in [-0.2, -0.15) is 5.10 Å². The molecule has 1 N–H and O–H groups in total. The maximum absolute atomic E-state index is 13.2. The predicted molar refractivity (Wildman–Crippen MR) is 113 cm³/mol. The fourth-order valence-electron chi connectivity index (χ4n) is 3.69. The van der Waals surface area contributed by atoms with E-state index in [1.165, 1.54) is 12.3 Å². The summed E-state index contributed by atoms with van der Waals surface area (Å²) in [6.07, 6.45) is 5.53. The summed E-state index contributed by atoms with van der Waals surface area (Å²) in [4.78, 5) is 17.1. The molecule has 8 nitrogen and oxygen atoms in total. The van der Waals surface area contributed by atoms with Gasteiger partial charge in [-0.15, -0.1) is 0 Å². The second kappa shape index (κ2) is 8.16. The maximum Gasteiger partial charge on any atom is 0.274 e. The van der Waals surface area contributed by atoms with Crippen LogP contribution in [0.5, 0.6) is 0 Å². The molecule has 0 radical (unpaired) electrons. The Kier molecular flexibility index (Phi) is 5.57. The van der Waals surface area contributed by atoms with Crippen LogP contribution in [0.15, 0.2) is 41.6 Å². The third-order valence-corrected chi connectivity index (χ3v) is 6.19. The molecule has 4 rings (SSSR count). The Labute approximate surface area is 175 Å². The van der Waals surface area contributed by atoms with Crippen LogP contribution in [0.4, 0.5) is 5.69 Å². The zero-order valence-corrected chi connectivity index (χ0v) is 17.8. The normalized spacial score (nSPS) is 17.2. The number of amides is 1. The predicted octanol–water partition coefficient (Wildman–Crippen LogP) is 2.96. The summed E-state index contributed by atoms with van der Waals surface area (Å²) in [5.74, 6) is -0.357. The van der Waals surface area contributed by atoms with Crippen LogP contribution in [0.3, 0.4) is 0 Å². The Morgan fingerprint density at radius 3 is 2.87 bits per heavy atom. The summed E-state index contributed by atoms with van der Waals surface area (Å²) in [6, 6.07) is 8.64. The number of nitrogens with one attached hydrogen (secondary N) is 1. The van der Waals surface area contributed by atoms with Gasteiger partial charge in [-0.1, -0.05) is 18.2 Å². The molecule has 1 saturated heterocycles. The molecule has 1 aliphatic heterocycles. The van der Waals surface area contributed by atoms with Crippen LogP contribution in [-0.4, -0.2) is 48.1 Å². The first kappa shape index (κ1) is 20.5. The van der Waals surface area contributed by atoms with Gasteiger partial charge in [0.25, 0.3) is 5.91 Å². The molecule has 30 heavy (non-hydrogen) atoms. The molecule has 1 aliphatic rings. The van der Waals surface area contributed by atoms with Crippen molar-refractivity contribution in [2.45, 2.75) is 43.9 Å². The number of aryl methyl sites for hydroxylation is 1. The highest BCUT2D eigenvalue weighted by atomic mass is 32.2.